The second kappa shape index (κ2) is 4.46. The number of aromatic nitrogens is 1. The fourth-order valence-electron chi connectivity index (χ4n) is 2.45. The summed E-state index contributed by atoms with van der Waals surface area (Å²) >= 11 is 0. The summed E-state index contributed by atoms with van der Waals surface area (Å²) in [4.78, 5) is 4.49. The molecule has 1 aliphatic heterocycles. The number of hydrogen-bond donors (Lipinski definition) is 1. The summed E-state index contributed by atoms with van der Waals surface area (Å²) < 4.78 is 11.3. The Morgan fingerprint density at radius 2 is 1.67 bits per heavy atom. The molecule has 0 radical (unpaired) electrons. The lowest BCUT2D eigenvalue weighted by molar-refractivity contribution is -0.185. The van der Waals surface area contributed by atoms with Crippen molar-refractivity contribution in [1.82, 2.24) is 4.98 Å². The molecular weight excluding hydrogens is 266 g/mol. The zero-order valence-electron chi connectivity index (χ0n) is 11.2. The maximum absolute atomic E-state index is 10.7. The normalized spacial score (nSPS) is 20.4. The van der Waals surface area contributed by atoms with Gasteiger partial charge in [0.15, 0.2) is 18.1 Å². The molecule has 1 unspecified atom stereocenters. The van der Waals surface area contributed by atoms with Crippen molar-refractivity contribution in [3.63, 3.8) is 0 Å². The molecule has 0 aliphatic carbocycles. The second-order valence-corrected chi connectivity index (χ2v) is 5.01. The van der Waals surface area contributed by atoms with Crippen LogP contribution in [0.15, 0.2) is 60.7 Å². The summed E-state index contributed by atoms with van der Waals surface area (Å²) in [5, 5.41) is 11.8. The van der Waals surface area contributed by atoms with Crippen LogP contribution in [0.1, 0.15) is 5.69 Å². The van der Waals surface area contributed by atoms with Crippen molar-refractivity contribution in [3.05, 3.63) is 66.4 Å². The Kier molecular flexibility index (Phi) is 2.59. The summed E-state index contributed by atoms with van der Waals surface area (Å²) in [5.74, 6) is -0.428. The predicted molar refractivity (Wildman–Crippen MR) is 78.2 cm³/mol. The van der Waals surface area contributed by atoms with Crippen LogP contribution in [0.25, 0.3) is 10.9 Å². The van der Waals surface area contributed by atoms with E-state index in [9.17, 15) is 5.11 Å². The van der Waals surface area contributed by atoms with Gasteiger partial charge in [-0.25, -0.2) is 4.98 Å². The molecule has 0 amide bonds. The van der Waals surface area contributed by atoms with Crippen LogP contribution in [-0.2, 0) is 5.79 Å². The summed E-state index contributed by atoms with van der Waals surface area (Å²) in [6, 6.07) is 18.7. The SMILES string of the molecule is OC1(c2ccc3ccccc3n2)COc2ccccc2O1. The topological polar surface area (TPSA) is 51.6 Å². The van der Waals surface area contributed by atoms with E-state index in [0.717, 1.165) is 10.9 Å². The first-order chi connectivity index (χ1) is 10.2. The van der Waals surface area contributed by atoms with E-state index in [-0.39, 0.29) is 6.61 Å². The lowest BCUT2D eigenvalue weighted by Crippen LogP contribution is -2.42. The third-order valence-electron chi connectivity index (χ3n) is 3.55. The molecule has 0 fully saturated rings. The summed E-state index contributed by atoms with van der Waals surface area (Å²) in [5.41, 5.74) is 1.25. The van der Waals surface area contributed by atoms with Gasteiger partial charge in [-0.1, -0.05) is 36.4 Å². The molecule has 0 bridgehead atoms. The molecule has 104 valence electrons. The van der Waals surface area contributed by atoms with Crippen LogP contribution < -0.4 is 9.47 Å². The largest absolute Gasteiger partial charge is 0.482 e. The third-order valence-corrected chi connectivity index (χ3v) is 3.55. The van der Waals surface area contributed by atoms with Crippen molar-refractivity contribution in [1.29, 1.82) is 0 Å². The minimum atomic E-state index is -1.57. The smallest absolute Gasteiger partial charge is 0.286 e. The zero-order chi connectivity index (χ0) is 14.3. The van der Waals surface area contributed by atoms with Crippen molar-refractivity contribution in [2.24, 2.45) is 0 Å². The number of aliphatic hydroxyl groups is 1. The molecule has 1 N–H and O–H groups in total. The molecule has 1 atom stereocenters. The molecule has 4 nitrogen and oxygen atoms in total. The fraction of sp³-hybridized carbons (Fsp3) is 0.118. The number of rotatable bonds is 1. The van der Waals surface area contributed by atoms with E-state index >= 15 is 0 Å². The Morgan fingerprint density at radius 3 is 2.57 bits per heavy atom. The van der Waals surface area contributed by atoms with Crippen LogP contribution >= 0.6 is 0 Å². The number of pyridine rings is 1. The molecule has 2 aromatic carbocycles. The molecule has 2 heterocycles. The molecule has 0 spiro atoms. The first kappa shape index (κ1) is 12.2. The van der Waals surface area contributed by atoms with Gasteiger partial charge in [-0.2, -0.15) is 0 Å². The highest BCUT2D eigenvalue weighted by atomic mass is 16.7. The number of fused-ring (bicyclic) bond motifs is 2. The maximum atomic E-state index is 10.7. The second-order valence-electron chi connectivity index (χ2n) is 5.01. The van der Waals surface area contributed by atoms with E-state index in [1.165, 1.54) is 0 Å². The zero-order valence-corrected chi connectivity index (χ0v) is 11.2. The molecule has 4 heteroatoms. The minimum absolute atomic E-state index is 0.00928. The Morgan fingerprint density at radius 1 is 0.905 bits per heavy atom. The van der Waals surface area contributed by atoms with Crippen molar-refractivity contribution in [3.8, 4) is 11.5 Å². The number of benzene rings is 2. The highest BCUT2D eigenvalue weighted by molar-refractivity contribution is 5.78. The van der Waals surface area contributed by atoms with Crippen molar-refractivity contribution in [2.45, 2.75) is 5.79 Å². The molecule has 21 heavy (non-hydrogen) atoms. The van der Waals surface area contributed by atoms with Gasteiger partial charge in [0.25, 0.3) is 5.79 Å². The number of ether oxygens (including phenoxy) is 2. The Bertz CT molecular complexity index is 818. The van der Waals surface area contributed by atoms with Crippen molar-refractivity contribution in [2.75, 3.05) is 6.61 Å². The van der Waals surface area contributed by atoms with Gasteiger partial charge in [0.05, 0.1) is 5.52 Å². The van der Waals surface area contributed by atoms with Crippen LogP contribution in [0, 0.1) is 0 Å². The summed E-state index contributed by atoms with van der Waals surface area (Å²) in [6.45, 7) is 0.00928. The lowest BCUT2D eigenvalue weighted by Gasteiger charge is -2.33. The lowest BCUT2D eigenvalue weighted by atomic mass is 10.1. The van der Waals surface area contributed by atoms with E-state index in [2.05, 4.69) is 4.98 Å². The van der Waals surface area contributed by atoms with Gasteiger partial charge in [-0.05, 0) is 24.3 Å². The number of para-hydroxylation sites is 3. The maximum Gasteiger partial charge on any atom is 0.286 e. The van der Waals surface area contributed by atoms with Crippen LogP contribution in [0.3, 0.4) is 0 Å². The first-order valence-corrected chi connectivity index (χ1v) is 6.74. The van der Waals surface area contributed by atoms with Crippen LogP contribution in [0.5, 0.6) is 11.5 Å². The molecule has 1 aromatic heterocycles. The summed E-state index contributed by atoms with van der Waals surface area (Å²) in [7, 11) is 0. The Labute approximate surface area is 121 Å². The van der Waals surface area contributed by atoms with Gasteiger partial charge in [-0.15, -0.1) is 0 Å². The molecule has 0 saturated heterocycles. The number of hydrogen-bond acceptors (Lipinski definition) is 4. The summed E-state index contributed by atoms with van der Waals surface area (Å²) in [6.07, 6.45) is 0. The van der Waals surface area contributed by atoms with E-state index in [0.29, 0.717) is 17.2 Å². The average Bonchev–Trinajstić information content (AvgIpc) is 2.54. The van der Waals surface area contributed by atoms with E-state index in [1.807, 2.05) is 48.5 Å². The fourth-order valence-corrected chi connectivity index (χ4v) is 2.45. The van der Waals surface area contributed by atoms with Gasteiger partial charge >= 0.3 is 0 Å². The molecule has 0 saturated carbocycles. The highest BCUT2D eigenvalue weighted by Gasteiger charge is 2.39. The molecule has 1 aliphatic rings. The molecular formula is C17H13NO3. The van der Waals surface area contributed by atoms with Crippen molar-refractivity contribution >= 4 is 10.9 Å². The van der Waals surface area contributed by atoms with Crippen LogP contribution in [0.2, 0.25) is 0 Å². The minimum Gasteiger partial charge on any atom is -0.482 e. The monoisotopic (exact) mass is 279 g/mol. The highest BCUT2D eigenvalue weighted by Crippen LogP contribution is 2.37. The van der Waals surface area contributed by atoms with Gasteiger partial charge < -0.3 is 14.6 Å². The third kappa shape index (κ3) is 2.00. The Hall–Kier alpha value is -2.59. The van der Waals surface area contributed by atoms with Crippen molar-refractivity contribution < 1.29 is 14.6 Å². The van der Waals surface area contributed by atoms with Gasteiger partial charge in [0.1, 0.15) is 5.69 Å². The van der Waals surface area contributed by atoms with E-state index < -0.39 is 5.79 Å². The van der Waals surface area contributed by atoms with Gasteiger partial charge in [0.2, 0.25) is 0 Å². The quantitative estimate of drug-likeness (QED) is 0.744. The average molecular weight is 279 g/mol. The van der Waals surface area contributed by atoms with E-state index in [4.69, 9.17) is 9.47 Å². The first-order valence-electron chi connectivity index (χ1n) is 6.74. The van der Waals surface area contributed by atoms with Gasteiger partial charge in [0, 0.05) is 5.39 Å². The van der Waals surface area contributed by atoms with Crippen LogP contribution in [-0.4, -0.2) is 16.7 Å². The molecule has 4 rings (SSSR count). The number of nitrogens with zero attached hydrogens (tertiary/aromatic N) is 1. The Balaban J connectivity index is 1.77. The van der Waals surface area contributed by atoms with Gasteiger partial charge in [-0.3, -0.25) is 0 Å². The predicted octanol–water partition coefficient (Wildman–Crippen LogP) is 2.85. The van der Waals surface area contributed by atoms with E-state index in [1.54, 1.807) is 12.1 Å². The molecule has 3 aromatic rings. The standard InChI is InChI=1S/C17H13NO3/c19-17(11-20-14-7-3-4-8-15(14)21-17)16-10-9-12-5-1-2-6-13(12)18-16/h1-10,19H,11H2. The van der Waals surface area contributed by atoms with Crippen LogP contribution in [0.4, 0.5) is 0 Å².